The molecule has 0 aliphatic heterocycles. The highest BCUT2D eigenvalue weighted by Crippen LogP contribution is 2.28. The van der Waals surface area contributed by atoms with Gasteiger partial charge in [-0.3, -0.25) is 0 Å². The average molecular weight is 303 g/mol. The topological polar surface area (TPSA) is 38.3 Å². The molecule has 21 heavy (non-hydrogen) atoms. The molecule has 3 nitrogen and oxygen atoms in total. The second-order valence-electron chi connectivity index (χ2n) is 5.04. The Kier molecular flexibility index (Phi) is 5.02. The molecule has 1 heterocycles. The first-order valence-corrected chi connectivity index (χ1v) is 7.93. The van der Waals surface area contributed by atoms with E-state index in [1.165, 1.54) is 15.3 Å². The highest BCUT2D eigenvalue weighted by Gasteiger charge is 2.12. The summed E-state index contributed by atoms with van der Waals surface area (Å²) in [5.74, 6) is -0.281. The van der Waals surface area contributed by atoms with Crippen LogP contribution in [0.1, 0.15) is 45.6 Å². The molecule has 1 aromatic carbocycles. The summed E-state index contributed by atoms with van der Waals surface area (Å²) in [6.45, 7) is 8.59. The van der Waals surface area contributed by atoms with Crippen molar-refractivity contribution in [1.82, 2.24) is 0 Å². The quantitative estimate of drug-likeness (QED) is 0.813. The van der Waals surface area contributed by atoms with Crippen LogP contribution in [0.5, 0.6) is 0 Å². The Morgan fingerprint density at radius 2 is 2.10 bits per heavy atom. The number of ether oxygens (including phenoxy) is 1. The van der Waals surface area contributed by atoms with Crippen molar-refractivity contribution < 1.29 is 9.53 Å². The lowest BCUT2D eigenvalue weighted by molar-refractivity contribution is 0.0526. The summed E-state index contributed by atoms with van der Waals surface area (Å²) in [6.07, 6.45) is 0. The van der Waals surface area contributed by atoms with Crippen molar-refractivity contribution in [3.63, 3.8) is 0 Å². The lowest BCUT2D eigenvalue weighted by Gasteiger charge is -2.16. The molecule has 0 radical (unpaired) electrons. The summed E-state index contributed by atoms with van der Waals surface area (Å²) < 4.78 is 5.03. The summed E-state index contributed by atoms with van der Waals surface area (Å²) in [6, 6.07) is 9.86. The molecule has 1 aromatic heterocycles. The zero-order valence-corrected chi connectivity index (χ0v) is 13.7. The monoisotopic (exact) mass is 303 g/mol. The highest BCUT2D eigenvalue weighted by atomic mass is 32.1. The lowest BCUT2D eigenvalue weighted by Crippen LogP contribution is -2.09. The Labute approximate surface area is 130 Å². The van der Waals surface area contributed by atoms with Crippen molar-refractivity contribution in [1.29, 1.82) is 0 Å². The maximum atomic E-state index is 11.8. The maximum absolute atomic E-state index is 11.8. The van der Waals surface area contributed by atoms with Crippen LogP contribution < -0.4 is 5.32 Å². The molecular weight excluding hydrogens is 282 g/mol. The molecule has 0 bridgehead atoms. The van der Waals surface area contributed by atoms with E-state index in [2.05, 4.69) is 32.2 Å². The molecule has 2 aromatic rings. The van der Waals surface area contributed by atoms with E-state index in [0.29, 0.717) is 12.2 Å². The van der Waals surface area contributed by atoms with Gasteiger partial charge in [0.2, 0.25) is 0 Å². The number of aryl methyl sites for hydroxylation is 2. The van der Waals surface area contributed by atoms with Crippen LogP contribution in [0.3, 0.4) is 0 Å². The molecule has 0 fully saturated rings. The van der Waals surface area contributed by atoms with Crippen LogP contribution >= 0.6 is 11.3 Å². The number of anilines is 1. The molecule has 0 aliphatic rings. The fourth-order valence-corrected chi connectivity index (χ4v) is 3.38. The number of thiophene rings is 1. The number of carbonyl (C=O) groups excluding carboxylic acids is 1. The molecule has 2 rings (SSSR count). The summed E-state index contributed by atoms with van der Waals surface area (Å²) in [4.78, 5) is 14.4. The van der Waals surface area contributed by atoms with Crippen LogP contribution in [-0.4, -0.2) is 12.6 Å². The van der Waals surface area contributed by atoms with E-state index in [0.717, 1.165) is 5.69 Å². The molecule has 1 N–H and O–H groups in total. The number of nitrogens with one attached hydrogen (secondary N) is 1. The third kappa shape index (κ3) is 3.85. The number of esters is 1. The fraction of sp³-hybridized carbons (Fsp3) is 0.353. The van der Waals surface area contributed by atoms with Crippen LogP contribution in [-0.2, 0) is 4.74 Å². The van der Waals surface area contributed by atoms with Gasteiger partial charge in [-0.2, -0.15) is 0 Å². The molecule has 0 saturated carbocycles. The van der Waals surface area contributed by atoms with Gasteiger partial charge in [0.25, 0.3) is 0 Å². The molecule has 0 saturated heterocycles. The predicted octanol–water partition coefficient (Wildman–Crippen LogP) is 4.71. The second kappa shape index (κ2) is 6.76. The molecule has 0 aliphatic carbocycles. The average Bonchev–Trinajstić information content (AvgIpc) is 2.78. The zero-order valence-electron chi connectivity index (χ0n) is 12.9. The molecule has 1 atom stereocenters. The molecule has 0 spiro atoms. The van der Waals surface area contributed by atoms with E-state index in [1.54, 1.807) is 6.07 Å². The van der Waals surface area contributed by atoms with Gasteiger partial charge in [-0.15, -0.1) is 11.3 Å². The van der Waals surface area contributed by atoms with Gasteiger partial charge in [0, 0.05) is 21.5 Å². The number of hydrogen-bond donors (Lipinski definition) is 1. The lowest BCUT2D eigenvalue weighted by atomic mass is 10.1. The first-order valence-electron chi connectivity index (χ1n) is 7.12. The van der Waals surface area contributed by atoms with Crippen molar-refractivity contribution >= 4 is 23.0 Å². The smallest absolute Gasteiger partial charge is 0.338 e. The van der Waals surface area contributed by atoms with E-state index in [-0.39, 0.29) is 12.0 Å². The summed E-state index contributed by atoms with van der Waals surface area (Å²) >= 11 is 1.81. The van der Waals surface area contributed by atoms with Crippen LogP contribution in [0.25, 0.3) is 0 Å². The highest BCUT2D eigenvalue weighted by molar-refractivity contribution is 7.12. The Bertz CT molecular complexity index is 633. The van der Waals surface area contributed by atoms with Crippen LogP contribution in [0.15, 0.2) is 30.3 Å². The van der Waals surface area contributed by atoms with Gasteiger partial charge in [-0.05, 0) is 57.5 Å². The molecule has 0 amide bonds. The van der Waals surface area contributed by atoms with E-state index in [4.69, 9.17) is 4.74 Å². The van der Waals surface area contributed by atoms with Crippen LogP contribution in [0.2, 0.25) is 0 Å². The number of hydrogen-bond acceptors (Lipinski definition) is 4. The Morgan fingerprint density at radius 1 is 1.33 bits per heavy atom. The minimum atomic E-state index is -0.281. The molecule has 1 unspecified atom stereocenters. The third-order valence-corrected chi connectivity index (χ3v) is 4.28. The Hall–Kier alpha value is -1.81. The van der Waals surface area contributed by atoms with Crippen molar-refractivity contribution in [2.45, 2.75) is 33.7 Å². The predicted molar refractivity (Wildman–Crippen MR) is 88.2 cm³/mol. The third-order valence-electron chi connectivity index (χ3n) is 3.30. The Balaban J connectivity index is 2.14. The van der Waals surface area contributed by atoms with E-state index < -0.39 is 0 Å². The standard InChI is InChI=1S/C17H21NO2S/c1-5-20-17(19)14-7-6-8-15(10-14)18-12(3)16-9-11(2)21-13(16)4/h6-10,12,18H,5H2,1-4H3. The van der Waals surface area contributed by atoms with Gasteiger partial charge in [0.1, 0.15) is 0 Å². The second-order valence-corrected chi connectivity index (χ2v) is 6.50. The Morgan fingerprint density at radius 3 is 2.71 bits per heavy atom. The summed E-state index contributed by atoms with van der Waals surface area (Å²) in [5.41, 5.74) is 2.81. The van der Waals surface area contributed by atoms with Crippen molar-refractivity contribution in [3.8, 4) is 0 Å². The van der Waals surface area contributed by atoms with Gasteiger partial charge >= 0.3 is 5.97 Å². The molecular formula is C17H21NO2S. The number of rotatable bonds is 5. The van der Waals surface area contributed by atoms with E-state index in [1.807, 2.05) is 36.5 Å². The SMILES string of the molecule is CCOC(=O)c1cccc(NC(C)c2cc(C)sc2C)c1. The first kappa shape index (κ1) is 15.6. The van der Waals surface area contributed by atoms with Crippen LogP contribution in [0, 0.1) is 13.8 Å². The zero-order chi connectivity index (χ0) is 15.4. The minimum absolute atomic E-state index is 0.201. The van der Waals surface area contributed by atoms with Gasteiger partial charge in [0.05, 0.1) is 12.2 Å². The largest absolute Gasteiger partial charge is 0.462 e. The van der Waals surface area contributed by atoms with Crippen molar-refractivity contribution in [2.75, 3.05) is 11.9 Å². The fourth-order valence-electron chi connectivity index (χ4n) is 2.36. The van der Waals surface area contributed by atoms with Crippen molar-refractivity contribution in [2.24, 2.45) is 0 Å². The molecule has 4 heteroatoms. The van der Waals surface area contributed by atoms with Gasteiger partial charge in [0.15, 0.2) is 0 Å². The minimum Gasteiger partial charge on any atom is -0.462 e. The van der Waals surface area contributed by atoms with E-state index >= 15 is 0 Å². The normalized spacial score (nSPS) is 12.0. The van der Waals surface area contributed by atoms with Gasteiger partial charge < -0.3 is 10.1 Å². The van der Waals surface area contributed by atoms with Crippen molar-refractivity contribution in [3.05, 3.63) is 51.2 Å². The van der Waals surface area contributed by atoms with Crippen LogP contribution in [0.4, 0.5) is 5.69 Å². The number of benzene rings is 1. The number of carbonyl (C=O) groups is 1. The first-order chi connectivity index (χ1) is 10.0. The van der Waals surface area contributed by atoms with Gasteiger partial charge in [-0.25, -0.2) is 4.79 Å². The molecule has 112 valence electrons. The van der Waals surface area contributed by atoms with Gasteiger partial charge in [-0.1, -0.05) is 6.07 Å². The van der Waals surface area contributed by atoms with E-state index in [9.17, 15) is 4.79 Å². The maximum Gasteiger partial charge on any atom is 0.338 e. The summed E-state index contributed by atoms with van der Waals surface area (Å²) in [7, 11) is 0. The summed E-state index contributed by atoms with van der Waals surface area (Å²) in [5, 5.41) is 3.45.